The van der Waals surface area contributed by atoms with Crippen molar-refractivity contribution in [1.82, 2.24) is 0 Å². The van der Waals surface area contributed by atoms with Crippen LogP contribution in [0.1, 0.15) is 107 Å². The van der Waals surface area contributed by atoms with Gasteiger partial charge in [0.25, 0.3) is 0 Å². The minimum Gasteiger partial charge on any atom is -0.453 e. The molecule has 4 aliphatic carbocycles. The third kappa shape index (κ3) is 12.1. The summed E-state index contributed by atoms with van der Waals surface area (Å²) in [5.41, 5.74) is -6.89. The van der Waals surface area contributed by atoms with E-state index < -0.39 is 274 Å². The Morgan fingerprint density at radius 2 is 0.970 bits per heavy atom. The van der Waals surface area contributed by atoms with Gasteiger partial charge in [0.2, 0.25) is 0 Å². The van der Waals surface area contributed by atoms with E-state index >= 15 is 0 Å². The van der Waals surface area contributed by atoms with Gasteiger partial charge in [-0.2, -0.15) is 0 Å². The van der Waals surface area contributed by atoms with Gasteiger partial charge in [-0.15, -0.1) is 0 Å². The molecule has 574 valence electrons. The predicted octanol–water partition coefficient (Wildman–Crippen LogP) is -5.52. The molecule has 39 atom stereocenters. The molecule has 8 heterocycles. The van der Waals surface area contributed by atoms with Gasteiger partial charge in [0, 0.05) is 14.2 Å². The number of carbonyl (C=O) groups excluding carboxylic acids is 1. The van der Waals surface area contributed by atoms with E-state index in [0.717, 1.165) is 5.57 Å². The summed E-state index contributed by atoms with van der Waals surface area (Å²) in [4.78, 5) is 14.9. The van der Waals surface area contributed by atoms with E-state index in [9.17, 15) is 91.6 Å². The van der Waals surface area contributed by atoms with Crippen LogP contribution in [-0.4, -0.2) is 347 Å². The van der Waals surface area contributed by atoms with Gasteiger partial charge in [-0.25, -0.2) is 0 Å². The first-order valence-corrected chi connectivity index (χ1v) is 35.2. The van der Waals surface area contributed by atoms with Crippen LogP contribution in [0.25, 0.3) is 0 Å². The summed E-state index contributed by atoms with van der Waals surface area (Å²) in [6, 6.07) is 0. The van der Waals surface area contributed by atoms with Crippen molar-refractivity contribution >= 4 is 5.97 Å². The number of hydrogen-bond acceptors (Lipinski definition) is 33. The van der Waals surface area contributed by atoms with Crippen LogP contribution in [0.3, 0.4) is 0 Å². The van der Waals surface area contributed by atoms with Crippen LogP contribution in [0.2, 0.25) is 0 Å². The molecule has 100 heavy (non-hydrogen) atoms. The average molecular weight is 1440 g/mol. The third-order valence-corrected chi connectivity index (χ3v) is 26.0. The number of aliphatic hydroxyl groups excluding tert-OH is 16. The van der Waals surface area contributed by atoms with E-state index in [0.29, 0.717) is 44.9 Å². The molecule has 17 N–H and O–H groups in total. The van der Waals surface area contributed by atoms with Gasteiger partial charge in [0.1, 0.15) is 151 Å². The molecule has 33 nitrogen and oxygen atoms in total. The Balaban J connectivity index is 0.817. The Kier molecular flexibility index (Phi) is 22.1. The highest BCUT2D eigenvalue weighted by Gasteiger charge is 2.87. The Morgan fingerprint density at radius 3 is 1.46 bits per heavy atom. The molecule has 0 aromatic heterocycles. The van der Waals surface area contributed by atoms with Gasteiger partial charge < -0.3 is 158 Å². The molecular weight excluding hydrogens is 1330 g/mol. The minimum absolute atomic E-state index is 0.186. The second-order valence-corrected chi connectivity index (χ2v) is 31.9. The van der Waals surface area contributed by atoms with Crippen LogP contribution < -0.4 is 0 Å². The summed E-state index contributed by atoms with van der Waals surface area (Å²) >= 11 is 0. The van der Waals surface area contributed by atoms with Crippen LogP contribution in [0, 0.1) is 39.4 Å². The van der Waals surface area contributed by atoms with E-state index in [1.165, 1.54) is 21.1 Å². The summed E-state index contributed by atoms with van der Waals surface area (Å²) in [5.74, 6) is -1.65. The third-order valence-electron chi connectivity index (χ3n) is 26.0. The lowest BCUT2D eigenvalue weighted by Gasteiger charge is -2.65. The van der Waals surface area contributed by atoms with Gasteiger partial charge in [0.15, 0.2) is 37.1 Å². The summed E-state index contributed by atoms with van der Waals surface area (Å²) in [7, 11) is 2.36. The highest BCUT2D eigenvalue weighted by Crippen LogP contribution is 2.78. The highest BCUT2D eigenvalue weighted by atomic mass is 16.8. The number of ether oxygens (including phenoxy) is 15. The summed E-state index contributed by atoms with van der Waals surface area (Å²) in [5, 5.41) is 194. The van der Waals surface area contributed by atoms with Crippen molar-refractivity contribution in [2.45, 2.75) is 314 Å². The van der Waals surface area contributed by atoms with Crippen molar-refractivity contribution in [2.24, 2.45) is 39.4 Å². The predicted molar refractivity (Wildman–Crippen MR) is 331 cm³/mol. The minimum atomic E-state index is -2.07. The molecule has 1 unspecified atom stereocenters. The molecule has 0 radical (unpaired) electrons. The van der Waals surface area contributed by atoms with Gasteiger partial charge >= 0.3 is 5.97 Å². The largest absolute Gasteiger partial charge is 0.453 e. The second-order valence-electron chi connectivity index (χ2n) is 31.9. The molecule has 0 aromatic carbocycles. The van der Waals surface area contributed by atoms with E-state index in [4.69, 9.17) is 71.1 Å². The second kappa shape index (κ2) is 28.5. The van der Waals surface area contributed by atoms with Crippen molar-refractivity contribution in [1.29, 1.82) is 0 Å². The zero-order valence-corrected chi connectivity index (χ0v) is 58.0. The molecule has 8 saturated heterocycles. The summed E-state index contributed by atoms with van der Waals surface area (Å²) < 4.78 is 90.6. The van der Waals surface area contributed by atoms with Gasteiger partial charge in [-0.1, -0.05) is 39.3 Å². The van der Waals surface area contributed by atoms with E-state index in [-0.39, 0.29) is 18.3 Å². The first-order chi connectivity index (χ1) is 47.0. The van der Waals surface area contributed by atoms with Crippen LogP contribution >= 0.6 is 0 Å². The van der Waals surface area contributed by atoms with Gasteiger partial charge in [-0.05, 0) is 113 Å². The topological polar surface area (TPSA) is 499 Å². The van der Waals surface area contributed by atoms with Crippen molar-refractivity contribution < 1.29 is 163 Å². The van der Waals surface area contributed by atoms with E-state index in [1.54, 1.807) is 13.0 Å². The molecule has 0 amide bonds. The van der Waals surface area contributed by atoms with Crippen molar-refractivity contribution in [2.75, 3.05) is 47.3 Å². The standard InChI is InChI=1S/C67H108O33/c1-25-48(95-59-47(83)53(40(76)32(23-71)93-59)97-58-45(81)51(87-10)38(74)30(21-69)92-58)42(78)43(79)55(89-25)98-54-41(77)33(94-56-46(82)52(39(75)31(22-70)90-56)96-57-44(80)50(86-9)37(73)29(20-68)91-57)24-88-49(54)27-13-16-63(6)28-19-35(72)67-60(84)100-65(8,36-14-15-61(2,3)99-36)66(67,85)18-17-64(67,7)26(28)11-12-34(63)62(27,4)5/h19,25-27,29-59,68-83,85H,11-18,20-24H2,1-10H3/t25-,26-,27-,29-,30-,31-,32-,33-,34+,35+,36?,37-,38-,39-,40-,41+,42-,43-,44-,45-,46-,47-,48-,49+,50+,51+,52+,53+,54-,55+,56+,57+,58+,59+,63-,64+,65+,66+,67-/m1/s1. The molecule has 0 aromatic rings. The lowest BCUT2D eigenvalue weighted by molar-refractivity contribution is -0.388. The fourth-order valence-electron chi connectivity index (χ4n) is 20.5. The molecule has 1 spiro atoms. The van der Waals surface area contributed by atoms with E-state index in [1.807, 2.05) is 20.8 Å². The summed E-state index contributed by atoms with van der Waals surface area (Å²) in [6.07, 6.45) is -45.0. The van der Waals surface area contributed by atoms with Crippen LogP contribution in [-0.2, 0) is 75.8 Å². The van der Waals surface area contributed by atoms with Gasteiger partial charge in [0.05, 0.1) is 56.9 Å². The lowest BCUT2D eigenvalue weighted by atomic mass is 9.39. The number of carbonyl (C=O) groups is 1. The summed E-state index contributed by atoms with van der Waals surface area (Å²) in [6.45, 7) is 11.7. The number of cyclic esters (lactones) is 1. The van der Waals surface area contributed by atoms with Gasteiger partial charge in [-0.3, -0.25) is 4.79 Å². The number of allylic oxidation sites excluding steroid dienone is 1. The number of fused-ring (bicyclic) bond motifs is 4. The number of aliphatic hydroxyl groups is 17. The molecule has 33 heteroatoms. The molecule has 12 aliphatic rings. The number of hydrogen-bond donors (Lipinski definition) is 17. The zero-order valence-electron chi connectivity index (χ0n) is 58.0. The Labute approximate surface area is 578 Å². The quantitative estimate of drug-likeness (QED) is 0.0450. The lowest BCUT2D eigenvalue weighted by Crippen LogP contribution is -2.70. The highest BCUT2D eigenvalue weighted by molar-refractivity contribution is 5.86. The Hall–Kier alpha value is -2.03. The van der Waals surface area contributed by atoms with E-state index in [2.05, 4.69) is 20.8 Å². The zero-order chi connectivity index (χ0) is 72.8. The Morgan fingerprint density at radius 1 is 0.500 bits per heavy atom. The first-order valence-electron chi connectivity index (χ1n) is 35.2. The van der Waals surface area contributed by atoms with Crippen LogP contribution in [0.15, 0.2) is 11.6 Å². The van der Waals surface area contributed by atoms with Crippen molar-refractivity contribution in [3.8, 4) is 0 Å². The fraction of sp³-hybridized carbons (Fsp3) is 0.955. The number of esters is 1. The number of rotatable bonds is 18. The fourth-order valence-corrected chi connectivity index (χ4v) is 20.5. The SMILES string of the molecule is CO[C@@H]1[C@@H](O)[C@H](O[C@@H]2[C@@H](O)[C@H](O[C@H]3[C@H](O)[C@@H](O)[C@H](O[C@@H]4[C@@H](O)[C@H](O[C@@H]5O[C@H](CO)[C@@H](O)[C@H](O[C@@H]6O[C@H](CO)[C@@H](O)[C@H](OC)[C@H]6O)[C@H]5O)CO[C@H]4[C@H]4CC[C@]5(C)C6=C[C@H](O)[C@]78C(=O)O[C@@](C)(C9CCC(C)(C)O9)[C@@]7(O)CC[C@@]8(C)[C@@H]6CC[C@H]5C4(C)C)O[C@@H]3C)O[C@H](CO)[C@H]2O)O[C@H](CO)[C@H]1O. The van der Waals surface area contributed by atoms with Crippen molar-refractivity contribution in [3.05, 3.63) is 11.6 Å². The average Bonchev–Trinajstić information content (AvgIpc) is 1.46. The maximum Gasteiger partial charge on any atom is 0.319 e. The molecular formula is C67H108O33. The Bertz CT molecular complexity index is 2880. The molecule has 12 rings (SSSR count). The first kappa shape index (κ1) is 77.6. The smallest absolute Gasteiger partial charge is 0.319 e. The number of methoxy groups -OCH3 is 2. The molecule has 11 fully saturated rings. The normalized spacial score (nSPS) is 55.3. The molecule has 3 saturated carbocycles. The maximum atomic E-state index is 14.9. The maximum absolute atomic E-state index is 14.9. The van der Waals surface area contributed by atoms with Crippen molar-refractivity contribution in [3.63, 3.8) is 0 Å². The van der Waals surface area contributed by atoms with Crippen LogP contribution in [0.4, 0.5) is 0 Å². The molecule has 0 bridgehead atoms. The molecule has 8 aliphatic heterocycles. The van der Waals surface area contributed by atoms with Crippen LogP contribution in [0.5, 0.6) is 0 Å². The monoisotopic (exact) mass is 1440 g/mol.